The number of halogens is 6. The van der Waals surface area contributed by atoms with Crippen molar-refractivity contribution in [3.8, 4) is 0 Å². The van der Waals surface area contributed by atoms with Gasteiger partial charge in [-0.1, -0.05) is 5.10 Å². The number of fused-ring (bicyclic) bond motifs is 1. The number of rotatable bonds is 7. The number of carbonyl (C=O) groups excluding carboxylic acids is 1. The zero-order valence-corrected chi connectivity index (χ0v) is 18.3. The van der Waals surface area contributed by atoms with Crippen LogP contribution in [0, 0.1) is 0 Å². The summed E-state index contributed by atoms with van der Waals surface area (Å²) in [6.07, 6.45) is -8.55. The highest BCUT2D eigenvalue weighted by molar-refractivity contribution is 5.80. The molecule has 36 heavy (non-hydrogen) atoms. The number of hydrogen-bond donors (Lipinski definition) is 1. The van der Waals surface area contributed by atoms with E-state index in [0.717, 1.165) is 10.9 Å². The minimum Gasteiger partial charge on any atom is -0.399 e. The summed E-state index contributed by atoms with van der Waals surface area (Å²) in [6.45, 7) is 0.574. The maximum Gasteiger partial charge on any atom is 0.470 e. The Morgan fingerprint density at radius 2 is 1.78 bits per heavy atom. The second-order valence-corrected chi connectivity index (χ2v) is 7.65. The van der Waals surface area contributed by atoms with Gasteiger partial charge in [0.25, 0.3) is 5.56 Å². The van der Waals surface area contributed by atoms with E-state index < -0.39 is 34.9 Å². The Bertz CT molecular complexity index is 1280. The maximum atomic E-state index is 13.2. The van der Waals surface area contributed by atoms with Gasteiger partial charge in [-0.15, -0.1) is 5.10 Å². The van der Waals surface area contributed by atoms with Crippen molar-refractivity contribution < 1.29 is 40.3 Å². The van der Waals surface area contributed by atoms with Gasteiger partial charge in [-0.2, -0.15) is 36.5 Å². The van der Waals surface area contributed by atoms with Crippen molar-refractivity contribution in [2.75, 3.05) is 44.3 Å². The molecule has 12 nitrogen and oxygen atoms in total. The Kier molecular flexibility index (Phi) is 6.87. The van der Waals surface area contributed by atoms with Crippen molar-refractivity contribution in [1.82, 2.24) is 35.1 Å². The predicted molar refractivity (Wildman–Crippen MR) is 107 cm³/mol. The van der Waals surface area contributed by atoms with Crippen LogP contribution in [0.1, 0.15) is 18.0 Å². The molecule has 3 aromatic rings. The molecule has 0 saturated carbocycles. The molecule has 0 aromatic carbocycles. The van der Waals surface area contributed by atoms with Crippen LogP contribution >= 0.6 is 0 Å². The molecule has 0 atom stereocenters. The number of hydrogen-bond acceptors (Lipinski definition) is 9. The lowest BCUT2D eigenvalue weighted by atomic mass is 10.2. The number of carbonyl (C=O) groups is 1. The van der Waals surface area contributed by atoms with Gasteiger partial charge < -0.3 is 19.0 Å². The van der Waals surface area contributed by atoms with Crippen molar-refractivity contribution in [1.29, 1.82) is 0 Å². The molecule has 1 fully saturated rings. The summed E-state index contributed by atoms with van der Waals surface area (Å²) in [4.78, 5) is 27.1. The van der Waals surface area contributed by atoms with Gasteiger partial charge in [-0.3, -0.25) is 14.3 Å². The van der Waals surface area contributed by atoms with Gasteiger partial charge in [0.1, 0.15) is 5.39 Å². The first-order valence-corrected chi connectivity index (χ1v) is 10.5. The highest BCUT2D eigenvalue weighted by Gasteiger charge is 2.39. The van der Waals surface area contributed by atoms with Crippen LogP contribution in [0.25, 0.3) is 10.9 Å². The molecular weight excluding hydrogens is 506 g/mol. The topological polar surface area (TPSA) is 135 Å². The molecule has 0 bridgehead atoms. The number of piperazine rings is 1. The van der Waals surface area contributed by atoms with Crippen molar-refractivity contribution in [2.45, 2.75) is 25.3 Å². The van der Waals surface area contributed by atoms with Gasteiger partial charge in [-0.25, -0.2) is 5.10 Å². The molecule has 4 heterocycles. The molecule has 1 saturated heterocycles. The van der Waals surface area contributed by atoms with Crippen molar-refractivity contribution in [3.63, 3.8) is 0 Å². The van der Waals surface area contributed by atoms with E-state index in [1.54, 1.807) is 0 Å². The molecule has 1 N–H and O–H groups in total. The molecule has 0 aliphatic carbocycles. The van der Waals surface area contributed by atoms with Crippen LogP contribution < -0.4 is 10.5 Å². The van der Waals surface area contributed by atoms with Gasteiger partial charge >= 0.3 is 24.3 Å². The molecule has 1 aliphatic rings. The number of nitrogens with one attached hydrogen (secondary N) is 1. The van der Waals surface area contributed by atoms with E-state index in [2.05, 4.69) is 24.8 Å². The number of ether oxygens (including phenoxy) is 1. The quantitative estimate of drug-likeness (QED) is 0.358. The third-order valence-electron chi connectivity index (χ3n) is 5.31. The van der Waals surface area contributed by atoms with Crippen LogP contribution in [0.3, 0.4) is 0 Å². The Morgan fingerprint density at radius 3 is 2.42 bits per heavy atom. The van der Waals surface area contributed by atoms with Gasteiger partial charge in [0.15, 0.2) is 5.69 Å². The lowest BCUT2D eigenvalue weighted by Gasteiger charge is -2.33. The summed E-state index contributed by atoms with van der Waals surface area (Å²) in [5.41, 5.74) is -2.45. The molecular formula is C18H18F6N8O4. The number of nitrogens with zero attached hydrogens (tertiary/aromatic N) is 7. The Morgan fingerprint density at radius 1 is 1.06 bits per heavy atom. The summed E-state index contributed by atoms with van der Waals surface area (Å²) >= 11 is 0. The van der Waals surface area contributed by atoms with Gasteiger partial charge in [0.05, 0.1) is 37.9 Å². The van der Waals surface area contributed by atoms with Crippen LogP contribution in [0.5, 0.6) is 0 Å². The Balaban J connectivity index is 1.23. The maximum absolute atomic E-state index is 13.2. The van der Waals surface area contributed by atoms with Crippen LogP contribution in [-0.4, -0.2) is 80.4 Å². The molecule has 18 heteroatoms. The summed E-state index contributed by atoms with van der Waals surface area (Å²) in [5, 5.41) is 14.6. The fourth-order valence-electron chi connectivity index (χ4n) is 3.58. The van der Waals surface area contributed by atoms with E-state index in [-0.39, 0.29) is 69.8 Å². The van der Waals surface area contributed by atoms with Gasteiger partial charge in [0.2, 0.25) is 5.91 Å². The molecule has 1 aliphatic heterocycles. The fourth-order valence-corrected chi connectivity index (χ4v) is 3.58. The summed E-state index contributed by atoms with van der Waals surface area (Å²) in [5.74, 6) is -1.72. The first-order valence-electron chi connectivity index (χ1n) is 10.5. The standard InChI is InChI=1S/C18H18F6N8O4/c19-17(20,21)13-12-10(9-25-26-14(12)34)32(29-13)6-8-35-7-1-11(33)30-2-4-31(5-3-30)16-28-27-15(36-16)18(22,23)24/h9H,1-8H2,(H,26,34). The average Bonchev–Trinajstić information content (AvgIpc) is 3.45. The van der Waals surface area contributed by atoms with Crippen LogP contribution in [0.15, 0.2) is 15.4 Å². The van der Waals surface area contributed by atoms with Gasteiger partial charge in [0, 0.05) is 26.2 Å². The summed E-state index contributed by atoms with van der Waals surface area (Å²) < 4.78 is 88.3. The predicted octanol–water partition coefficient (Wildman–Crippen LogP) is 1.30. The lowest BCUT2D eigenvalue weighted by Crippen LogP contribution is -2.49. The minimum absolute atomic E-state index is 0.0202. The van der Waals surface area contributed by atoms with Crippen LogP contribution in [-0.2, 0) is 28.4 Å². The van der Waals surface area contributed by atoms with Crippen molar-refractivity contribution in [3.05, 3.63) is 28.1 Å². The van der Waals surface area contributed by atoms with Crippen molar-refractivity contribution >= 4 is 22.8 Å². The zero-order chi connectivity index (χ0) is 26.1. The minimum atomic E-state index is -4.83. The SMILES string of the molecule is O=C(CCOCCn1nc(C(F)(F)F)c2c(=O)[nH]ncc21)N1CCN(c2nnc(C(F)(F)F)o2)CC1. The number of anilines is 1. The molecule has 196 valence electrons. The third-order valence-corrected chi connectivity index (χ3v) is 5.31. The number of amides is 1. The zero-order valence-electron chi connectivity index (χ0n) is 18.3. The number of H-pyrrole nitrogens is 1. The van der Waals surface area contributed by atoms with E-state index in [0.29, 0.717) is 0 Å². The Hall–Kier alpha value is -3.70. The van der Waals surface area contributed by atoms with Gasteiger partial charge in [-0.05, 0) is 0 Å². The van der Waals surface area contributed by atoms with E-state index in [1.165, 1.54) is 9.80 Å². The van der Waals surface area contributed by atoms with Crippen molar-refractivity contribution in [2.24, 2.45) is 0 Å². The highest BCUT2D eigenvalue weighted by atomic mass is 19.4. The van der Waals surface area contributed by atoms with E-state index >= 15 is 0 Å². The second kappa shape index (κ2) is 9.75. The third kappa shape index (κ3) is 5.42. The largest absolute Gasteiger partial charge is 0.470 e. The van der Waals surface area contributed by atoms with E-state index in [9.17, 15) is 35.9 Å². The monoisotopic (exact) mass is 524 g/mol. The first kappa shape index (κ1) is 25.4. The summed E-state index contributed by atoms with van der Waals surface area (Å²) in [6, 6.07) is -0.283. The molecule has 3 aromatic heterocycles. The first-order chi connectivity index (χ1) is 16.9. The number of aromatic amines is 1. The average molecular weight is 524 g/mol. The number of alkyl halides is 6. The highest BCUT2D eigenvalue weighted by Crippen LogP contribution is 2.32. The fraction of sp³-hybridized carbons (Fsp3) is 0.556. The summed E-state index contributed by atoms with van der Waals surface area (Å²) in [7, 11) is 0. The van der Waals surface area contributed by atoms with Crippen LogP contribution in [0.4, 0.5) is 32.4 Å². The lowest BCUT2D eigenvalue weighted by molar-refractivity contribution is -0.157. The normalized spacial score (nSPS) is 15.2. The van der Waals surface area contributed by atoms with Crippen LogP contribution in [0.2, 0.25) is 0 Å². The molecule has 1 amide bonds. The van der Waals surface area contributed by atoms with E-state index in [1.807, 2.05) is 5.10 Å². The Labute approximate surface area is 196 Å². The molecule has 0 spiro atoms. The molecule has 0 radical (unpaired) electrons. The second-order valence-electron chi connectivity index (χ2n) is 7.65. The van der Waals surface area contributed by atoms with E-state index in [4.69, 9.17) is 4.74 Å². The molecule has 0 unspecified atom stereocenters. The number of aromatic nitrogens is 6. The molecule has 4 rings (SSSR count). The smallest absolute Gasteiger partial charge is 0.399 e.